The van der Waals surface area contributed by atoms with Crippen molar-refractivity contribution in [3.8, 4) is 0 Å². The fraction of sp³-hybridized carbons (Fsp3) is 0.619. The molecule has 2 unspecified atom stereocenters. The summed E-state index contributed by atoms with van der Waals surface area (Å²) in [5.41, 5.74) is 1.76. The SMILES string of the molecule is CCC(C)NC(=O)c1cccc(CNC(=NC)NCC2CCCN2CC)c1.I. The number of amides is 1. The van der Waals surface area contributed by atoms with Crippen molar-refractivity contribution in [1.29, 1.82) is 0 Å². The molecule has 0 spiro atoms. The van der Waals surface area contributed by atoms with Crippen LogP contribution >= 0.6 is 24.0 Å². The number of guanidine groups is 1. The lowest BCUT2D eigenvalue weighted by Gasteiger charge is -2.24. The van der Waals surface area contributed by atoms with Gasteiger partial charge in [-0.15, -0.1) is 24.0 Å². The predicted molar refractivity (Wildman–Crippen MR) is 128 cm³/mol. The van der Waals surface area contributed by atoms with Gasteiger partial charge in [0.05, 0.1) is 0 Å². The zero-order valence-electron chi connectivity index (χ0n) is 17.6. The van der Waals surface area contributed by atoms with Gasteiger partial charge in [-0.3, -0.25) is 14.7 Å². The van der Waals surface area contributed by atoms with Crippen LogP contribution in [0.15, 0.2) is 29.3 Å². The Hall–Kier alpha value is -1.35. The maximum Gasteiger partial charge on any atom is 0.251 e. The third-order valence-electron chi connectivity index (χ3n) is 5.27. The van der Waals surface area contributed by atoms with E-state index in [1.807, 2.05) is 31.2 Å². The van der Waals surface area contributed by atoms with Crippen LogP contribution in [0.4, 0.5) is 0 Å². The fourth-order valence-corrected chi connectivity index (χ4v) is 3.40. The summed E-state index contributed by atoms with van der Waals surface area (Å²) in [6, 6.07) is 8.51. The van der Waals surface area contributed by atoms with Crippen LogP contribution in [-0.2, 0) is 6.54 Å². The number of carbonyl (C=O) groups excluding carboxylic acids is 1. The molecule has 1 aliphatic heterocycles. The molecule has 1 aromatic carbocycles. The molecule has 1 aromatic rings. The summed E-state index contributed by atoms with van der Waals surface area (Å²) >= 11 is 0. The molecule has 6 nitrogen and oxygen atoms in total. The highest BCUT2D eigenvalue weighted by Crippen LogP contribution is 2.15. The van der Waals surface area contributed by atoms with E-state index >= 15 is 0 Å². The number of nitrogens with one attached hydrogen (secondary N) is 3. The molecule has 2 atom stereocenters. The molecule has 3 N–H and O–H groups in total. The first-order chi connectivity index (χ1) is 13.1. The van der Waals surface area contributed by atoms with Gasteiger partial charge in [-0.1, -0.05) is 26.0 Å². The van der Waals surface area contributed by atoms with Gasteiger partial charge in [-0.05, 0) is 57.0 Å². The van der Waals surface area contributed by atoms with Crippen LogP contribution in [0.1, 0.15) is 56.0 Å². The molecule has 158 valence electrons. The summed E-state index contributed by atoms with van der Waals surface area (Å²) in [4.78, 5) is 19.1. The van der Waals surface area contributed by atoms with Crippen molar-refractivity contribution in [2.75, 3.05) is 26.7 Å². The Balaban J connectivity index is 0.00000392. The molecule has 0 aliphatic carbocycles. The molecule has 28 heavy (non-hydrogen) atoms. The van der Waals surface area contributed by atoms with Gasteiger partial charge < -0.3 is 16.0 Å². The summed E-state index contributed by atoms with van der Waals surface area (Å²) in [5, 5.41) is 9.79. The van der Waals surface area contributed by atoms with Crippen LogP contribution in [0, 0.1) is 0 Å². The lowest BCUT2D eigenvalue weighted by molar-refractivity contribution is 0.0939. The number of carbonyl (C=O) groups is 1. The van der Waals surface area contributed by atoms with Crippen LogP contribution in [0.25, 0.3) is 0 Å². The van der Waals surface area contributed by atoms with E-state index in [0.29, 0.717) is 18.2 Å². The maximum absolute atomic E-state index is 12.3. The summed E-state index contributed by atoms with van der Waals surface area (Å²) in [5.74, 6) is 0.780. The van der Waals surface area contributed by atoms with Gasteiger partial charge in [-0.25, -0.2) is 0 Å². The van der Waals surface area contributed by atoms with E-state index in [0.717, 1.165) is 31.0 Å². The maximum atomic E-state index is 12.3. The number of nitrogens with zero attached hydrogens (tertiary/aromatic N) is 2. The Kier molecular flexibility index (Phi) is 11.4. The monoisotopic (exact) mass is 501 g/mol. The molecule has 0 saturated carbocycles. The highest BCUT2D eigenvalue weighted by molar-refractivity contribution is 14.0. The summed E-state index contributed by atoms with van der Waals surface area (Å²) in [7, 11) is 1.79. The zero-order chi connectivity index (χ0) is 19.6. The predicted octanol–water partition coefficient (Wildman–Crippen LogP) is 2.98. The van der Waals surface area contributed by atoms with Crippen molar-refractivity contribution in [2.24, 2.45) is 4.99 Å². The molecule has 2 rings (SSSR count). The van der Waals surface area contributed by atoms with E-state index in [9.17, 15) is 4.79 Å². The molecular formula is C21H36IN5O. The number of rotatable bonds is 8. The standard InChI is InChI=1S/C21H35N5O.HI/c1-5-16(3)25-20(27)18-10-7-9-17(13-18)14-23-21(22-4)24-15-19-11-8-12-26(19)6-2;/h7,9-10,13,16,19H,5-6,8,11-12,14-15H2,1-4H3,(H,25,27)(H2,22,23,24);1H. The number of benzene rings is 1. The van der Waals surface area contributed by atoms with Crippen molar-refractivity contribution < 1.29 is 4.79 Å². The molecule has 1 amide bonds. The Bertz CT molecular complexity index is 637. The topological polar surface area (TPSA) is 68.8 Å². The number of hydrogen-bond acceptors (Lipinski definition) is 3. The molecule has 1 aliphatic rings. The van der Waals surface area contributed by atoms with Gasteiger partial charge in [0, 0.05) is 37.8 Å². The van der Waals surface area contributed by atoms with Gasteiger partial charge in [0.15, 0.2) is 5.96 Å². The van der Waals surface area contributed by atoms with E-state index in [-0.39, 0.29) is 35.9 Å². The highest BCUT2D eigenvalue weighted by Gasteiger charge is 2.22. The van der Waals surface area contributed by atoms with Crippen molar-refractivity contribution in [3.63, 3.8) is 0 Å². The van der Waals surface area contributed by atoms with E-state index in [1.54, 1.807) is 7.05 Å². The first kappa shape index (κ1) is 24.7. The molecule has 7 heteroatoms. The molecular weight excluding hydrogens is 465 g/mol. The molecule has 1 fully saturated rings. The molecule has 0 bridgehead atoms. The normalized spacial score (nSPS) is 18.3. The average molecular weight is 501 g/mol. The third-order valence-corrected chi connectivity index (χ3v) is 5.27. The summed E-state index contributed by atoms with van der Waals surface area (Å²) in [6.07, 6.45) is 3.44. The number of hydrogen-bond donors (Lipinski definition) is 3. The zero-order valence-corrected chi connectivity index (χ0v) is 20.0. The van der Waals surface area contributed by atoms with Crippen molar-refractivity contribution in [2.45, 2.75) is 58.7 Å². The van der Waals surface area contributed by atoms with Gasteiger partial charge in [0.2, 0.25) is 0 Å². The van der Waals surface area contributed by atoms with Crippen molar-refractivity contribution >= 4 is 35.8 Å². The third kappa shape index (κ3) is 7.58. The largest absolute Gasteiger partial charge is 0.355 e. The Morgan fingerprint density at radius 2 is 2.11 bits per heavy atom. The van der Waals surface area contributed by atoms with Gasteiger partial charge in [0.25, 0.3) is 5.91 Å². The van der Waals surface area contributed by atoms with Gasteiger partial charge >= 0.3 is 0 Å². The van der Waals surface area contributed by atoms with E-state index < -0.39 is 0 Å². The second-order valence-electron chi connectivity index (χ2n) is 7.21. The van der Waals surface area contributed by atoms with Crippen LogP contribution in [0.5, 0.6) is 0 Å². The quantitative estimate of drug-likeness (QED) is 0.291. The lowest BCUT2D eigenvalue weighted by atomic mass is 10.1. The summed E-state index contributed by atoms with van der Waals surface area (Å²) in [6.45, 7) is 10.1. The molecule has 0 aromatic heterocycles. The average Bonchev–Trinajstić information content (AvgIpc) is 3.15. The first-order valence-corrected chi connectivity index (χ1v) is 10.2. The van der Waals surface area contributed by atoms with Crippen molar-refractivity contribution in [3.05, 3.63) is 35.4 Å². The van der Waals surface area contributed by atoms with Gasteiger partial charge in [0.1, 0.15) is 0 Å². The van der Waals surface area contributed by atoms with Crippen LogP contribution in [0.3, 0.4) is 0 Å². The minimum atomic E-state index is -0.0189. The number of aliphatic imine (C=N–C) groups is 1. The van der Waals surface area contributed by atoms with E-state index in [4.69, 9.17) is 0 Å². The number of likely N-dealkylation sites (N-methyl/N-ethyl adjacent to an activating group) is 1. The minimum Gasteiger partial charge on any atom is -0.355 e. The lowest BCUT2D eigenvalue weighted by Crippen LogP contribution is -2.44. The smallest absolute Gasteiger partial charge is 0.251 e. The molecule has 0 radical (unpaired) electrons. The summed E-state index contributed by atoms with van der Waals surface area (Å²) < 4.78 is 0. The van der Waals surface area contributed by atoms with E-state index in [2.05, 4.69) is 39.7 Å². The highest BCUT2D eigenvalue weighted by atomic mass is 127. The van der Waals surface area contributed by atoms with Crippen LogP contribution in [0.2, 0.25) is 0 Å². The molecule has 1 heterocycles. The Morgan fingerprint density at radius 3 is 2.79 bits per heavy atom. The van der Waals surface area contributed by atoms with E-state index in [1.165, 1.54) is 19.4 Å². The van der Waals surface area contributed by atoms with Crippen LogP contribution in [-0.4, -0.2) is 55.5 Å². The van der Waals surface area contributed by atoms with Gasteiger partial charge in [-0.2, -0.15) is 0 Å². The Morgan fingerprint density at radius 1 is 1.32 bits per heavy atom. The molecule has 1 saturated heterocycles. The second kappa shape index (κ2) is 13.0. The Labute approximate surface area is 187 Å². The number of halogens is 1. The van der Waals surface area contributed by atoms with Crippen LogP contribution < -0.4 is 16.0 Å². The minimum absolute atomic E-state index is 0. The van der Waals surface area contributed by atoms with Crippen molar-refractivity contribution in [1.82, 2.24) is 20.9 Å². The fourth-order valence-electron chi connectivity index (χ4n) is 3.40. The second-order valence-corrected chi connectivity index (χ2v) is 7.21. The first-order valence-electron chi connectivity index (χ1n) is 10.2. The number of likely N-dealkylation sites (tertiary alicyclic amines) is 1.